The Labute approximate surface area is 123 Å². The molecular weight excluding hydrogens is 300 g/mol. The van der Waals surface area contributed by atoms with Gasteiger partial charge in [0.25, 0.3) is 10.1 Å². The number of hydrogen-bond donors (Lipinski definition) is 0. The van der Waals surface area contributed by atoms with Gasteiger partial charge in [-0.3, -0.25) is 4.18 Å². The molecule has 21 heavy (non-hydrogen) atoms. The molecule has 3 fully saturated rings. The second-order valence-corrected chi connectivity index (χ2v) is 7.68. The number of hydrogen-bond acceptors (Lipinski definition) is 7. The summed E-state index contributed by atoms with van der Waals surface area (Å²) in [6.45, 7) is 7.10. The van der Waals surface area contributed by atoms with E-state index in [9.17, 15) is 13.2 Å². The first kappa shape index (κ1) is 15.0. The third-order valence-electron chi connectivity index (χ3n) is 4.18. The summed E-state index contributed by atoms with van der Waals surface area (Å²) in [6.07, 6.45) is -1.16. The van der Waals surface area contributed by atoms with Gasteiger partial charge < -0.3 is 14.2 Å². The molecule has 0 aromatic heterocycles. The fraction of sp³-hybridized carbons (Fsp3) is 0.769. The highest BCUT2D eigenvalue weighted by Gasteiger charge is 2.71. The van der Waals surface area contributed by atoms with Crippen molar-refractivity contribution in [3.63, 3.8) is 0 Å². The van der Waals surface area contributed by atoms with E-state index in [2.05, 4.69) is 6.58 Å². The number of esters is 1. The van der Waals surface area contributed by atoms with Crippen molar-refractivity contribution in [1.29, 1.82) is 0 Å². The Bertz CT molecular complexity index is 583. The van der Waals surface area contributed by atoms with Crippen LogP contribution in [0.2, 0.25) is 0 Å². The molecule has 0 radical (unpaired) electrons. The Kier molecular flexibility index (Phi) is 3.40. The van der Waals surface area contributed by atoms with E-state index >= 15 is 0 Å². The molecule has 0 N–H and O–H groups in total. The Morgan fingerprint density at radius 3 is 2.76 bits per heavy atom. The van der Waals surface area contributed by atoms with Crippen LogP contribution in [0.4, 0.5) is 0 Å². The highest BCUT2D eigenvalue weighted by Crippen LogP contribution is 2.53. The molecule has 0 saturated carbocycles. The summed E-state index contributed by atoms with van der Waals surface area (Å²) in [4.78, 5) is 11.2. The highest BCUT2D eigenvalue weighted by molar-refractivity contribution is 7.87. The molecule has 8 heteroatoms. The van der Waals surface area contributed by atoms with Crippen LogP contribution in [0.25, 0.3) is 0 Å². The van der Waals surface area contributed by atoms with Gasteiger partial charge in [-0.25, -0.2) is 4.79 Å². The molecule has 2 bridgehead atoms. The lowest BCUT2D eigenvalue weighted by molar-refractivity contribution is -0.143. The van der Waals surface area contributed by atoms with Gasteiger partial charge in [0.05, 0.1) is 12.2 Å². The van der Waals surface area contributed by atoms with E-state index in [0.717, 1.165) is 0 Å². The number of rotatable bonds is 5. The van der Waals surface area contributed by atoms with Crippen molar-refractivity contribution in [3.05, 3.63) is 12.2 Å². The summed E-state index contributed by atoms with van der Waals surface area (Å²) in [5, 5.41) is -0.589. The largest absolute Gasteiger partial charge is 0.460 e. The first-order chi connectivity index (χ1) is 9.74. The lowest BCUT2D eigenvalue weighted by atomic mass is 9.85. The zero-order valence-electron chi connectivity index (χ0n) is 11.9. The zero-order chi connectivity index (χ0) is 15.4. The van der Waals surface area contributed by atoms with Crippen molar-refractivity contribution < 1.29 is 31.6 Å². The zero-order valence-corrected chi connectivity index (χ0v) is 12.7. The van der Waals surface area contributed by atoms with E-state index in [0.29, 0.717) is 12.0 Å². The smallest absolute Gasteiger partial charge is 0.333 e. The number of fused-ring (bicyclic) bond motifs is 1. The number of carbonyl (C=O) groups is 1. The van der Waals surface area contributed by atoms with Crippen molar-refractivity contribution in [1.82, 2.24) is 0 Å². The molecule has 3 heterocycles. The van der Waals surface area contributed by atoms with Crippen molar-refractivity contribution in [2.45, 2.75) is 49.4 Å². The summed E-state index contributed by atoms with van der Waals surface area (Å²) in [5.41, 5.74) is -0.347. The van der Waals surface area contributed by atoms with Crippen LogP contribution in [0.1, 0.15) is 20.3 Å². The van der Waals surface area contributed by atoms with Gasteiger partial charge in [0.1, 0.15) is 30.2 Å². The Morgan fingerprint density at radius 2 is 2.10 bits per heavy atom. The topological polar surface area (TPSA) is 88.1 Å². The molecular formula is C13H18O7S. The molecule has 118 valence electrons. The molecule has 0 aromatic carbocycles. The molecule has 0 spiro atoms. The van der Waals surface area contributed by atoms with E-state index < -0.39 is 45.3 Å². The average Bonchev–Trinajstić information content (AvgIpc) is 2.91. The summed E-state index contributed by atoms with van der Waals surface area (Å²) in [5.74, 6) is -0.478. The van der Waals surface area contributed by atoms with Crippen LogP contribution < -0.4 is 0 Å². The molecule has 3 rings (SSSR count). The SMILES string of the molecule is C=C(C)C(=O)OCCOC1C2OS(=O)(=O)C3CC1(C)OC23. The minimum absolute atomic E-state index is 0.0752. The van der Waals surface area contributed by atoms with Crippen LogP contribution >= 0.6 is 0 Å². The molecule has 0 aromatic rings. The maximum absolute atomic E-state index is 11.8. The van der Waals surface area contributed by atoms with Crippen molar-refractivity contribution in [2.75, 3.05) is 13.2 Å². The molecule has 3 aliphatic rings. The molecule has 7 nitrogen and oxygen atoms in total. The van der Waals surface area contributed by atoms with Crippen LogP contribution in [0.15, 0.2) is 12.2 Å². The van der Waals surface area contributed by atoms with E-state index in [-0.39, 0.29) is 13.2 Å². The van der Waals surface area contributed by atoms with Crippen molar-refractivity contribution in [2.24, 2.45) is 0 Å². The van der Waals surface area contributed by atoms with E-state index in [1.165, 1.54) is 0 Å². The van der Waals surface area contributed by atoms with Gasteiger partial charge in [-0.2, -0.15) is 8.42 Å². The van der Waals surface area contributed by atoms with Gasteiger partial charge in [0.2, 0.25) is 0 Å². The normalized spacial score (nSPS) is 42.2. The standard InChI is InChI=1S/C13H18O7S/c1-7(2)12(14)18-5-4-17-11-10-9-8(21(15,16)20-10)6-13(11,3)19-9/h8-11H,1,4-6H2,2-3H3. The average molecular weight is 318 g/mol. The molecule has 5 unspecified atom stereocenters. The summed E-state index contributed by atoms with van der Waals surface area (Å²) >= 11 is 0. The summed E-state index contributed by atoms with van der Waals surface area (Å²) < 4.78 is 45.1. The minimum Gasteiger partial charge on any atom is -0.460 e. The van der Waals surface area contributed by atoms with Crippen molar-refractivity contribution >= 4 is 16.1 Å². The van der Waals surface area contributed by atoms with Crippen LogP contribution in [0.5, 0.6) is 0 Å². The minimum atomic E-state index is -3.56. The molecule has 3 aliphatic heterocycles. The Balaban J connectivity index is 1.58. The Hall–Kier alpha value is -0.960. The predicted molar refractivity (Wildman–Crippen MR) is 71.0 cm³/mol. The number of carbonyl (C=O) groups excluding carboxylic acids is 1. The second-order valence-electron chi connectivity index (χ2n) is 5.90. The van der Waals surface area contributed by atoms with Crippen LogP contribution in [-0.2, 0) is 33.3 Å². The molecule has 0 aliphatic carbocycles. The lowest BCUT2D eigenvalue weighted by Gasteiger charge is -2.29. The molecule has 5 atom stereocenters. The fourth-order valence-corrected chi connectivity index (χ4v) is 4.97. The van der Waals surface area contributed by atoms with E-state index in [4.69, 9.17) is 18.4 Å². The van der Waals surface area contributed by atoms with E-state index in [1.807, 2.05) is 6.92 Å². The molecule has 0 amide bonds. The van der Waals surface area contributed by atoms with E-state index in [1.54, 1.807) is 6.92 Å². The fourth-order valence-electron chi connectivity index (χ4n) is 3.23. The molecule has 3 saturated heterocycles. The summed E-state index contributed by atoms with van der Waals surface area (Å²) in [7, 11) is -3.56. The van der Waals surface area contributed by atoms with Gasteiger partial charge in [-0.15, -0.1) is 0 Å². The summed E-state index contributed by atoms with van der Waals surface area (Å²) in [6, 6.07) is 0. The monoisotopic (exact) mass is 318 g/mol. The third-order valence-corrected chi connectivity index (χ3v) is 5.85. The van der Waals surface area contributed by atoms with Gasteiger partial charge >= 0.3 is 5.97 Å². The maximum atomic E-state index is 11.8. The van der Waals surface area contributed by atoms with Gasteiger partial charge in [-0.1, -0.05) is 6.58 Å². The Morgan fingerprint density at radius 1 is 1.38 bits per heavy atom. The predicted octanol–water partition coefficient (Wildman–Crippen LogP) is 0.149. The van der Waals surface area contributed by atoms with Crippen molar-refractivity contribution in [3.8, 4) is 0 Å². The van der Waals surface area contributed by atoms with Crippen LogP contribution in [-0.4, -0.2) is 56.8 Å². The van der Waals surface area contributed by atoms with Gasteiger partial charge in [-0.05, 0) is 13.8 Å². The van der Waals surface area contributed by atoms with Gasteiger partial charge in [0, 0.05) is 12.0 Å². The number of ether oxygens (including phenoxy) is 3. The second kappa shape index (κ2) is 4.77. The van der Waals surface area contributed by atoms with Crippen LogP contribution in [0.3, 0.4) is 0 Å². The first-order valence-corrected chi connectivity index (χ1v) is 8.26. The third kappa shape index (κ3) is 2.30. The quantitative estimate of drug-likeness (QED) is 0.308. The lowest BCUT2D eigenvalue weighted by Crippen LogP contribution is -2.46. The highest BCUT2D eigenvalue weighted by atomic mass is 32.2. The van der Waals surface area contributed by atoms with Gasteiger partial charge in [0.15, 0.2) is 0 Å². The van der Waals surface area contributed by atoms with Crippen LogP contribution in [0, 0.1) is 0 Å². The maximum Gasteiger partial charge on any atom is 0.333 e. The first-order valence-electron chi connectivity index (χ1n) is 6.79.